The van der Waals surface area contributed by atoms with Gasteiger partial charge in [-0.2, -0.15) is 11.8 Å². The lowest BCUT2D eigenvalue weighted by atomic mass is 9.84. The molecule has 0 spiro atoms. The van der Waals surface area contributed by atoms with Crippen molar-refractivity contribution in [1.29, 1.82) is 0 Å². The van der Waals surface area contributed by atoms with Crippen LogP contribution in [0.2, 0.25) is 0 Å². The Morgan fingerprint density at radius 3 is 2.71 bits per heavy atom. The second-order valence-corrected chi connectivity index (χ2v) is 5.12. The van der Waals surface area contributed by atoms with Gasteiger partial charge in [-0.05, 0) is 25.5 Å². The summed E-state index contributed by atoms with van der Waals surface area (Å²) in [5.41, 5.74) is 0. The summed E-state index contributed by atoms with van der Waals surface area (Å²) in [5.74, 6) is 0.0689. The molecule has 1 amide bonds. The molecule has 1 aliphatic rings. The van der Waals surface area contributed by atoms with Gasteiger partial charge in [0.05, 0.1) is 0 Å². The second-order valence-electron chi connectivity index (χ2n) is 3.84. The van der Waals surface area contributed by atoms with Crippen molar-refractivity contribution in [3.63, 3.8) is 0 Å². The average molecular weight is 217 g/mol. The van der Waals surface area contributed by atoms with Crippen LogP contribution in [0.25, 0.3) is 0 Å². The lowest BCUT2D eigenvalue weighted by Crippen LogP contribution is -2.45. The monoisotopic (exact) mass is 217 g/mol. The maximum Gasteiger partial charge on any atom is 0.220 e. The van der Waals surface area contributed by atoms with Crippen molar-refractivity contribution in [2.75, 3.05) is 19.4 Å². The molecule has 0 bridgehead atoms. The molecule has 3 nitrogen and oxygen atoms in total. The third kappa shape index (κ3) is 3.17. The number of amides is 1. The quantitative estimate of drug-likeness (QED) is 0.702. The number of hydrogen-bond donors (Lipinski definition) is 2. The molecule has 0 aromatic rings. The maximum atomic E-state index is 11.3. The van der Waals surface area contributed by atoms with Crippen LogP contribution in [-0.2, 0) is 4.79 Å². The van der Waals surface area contributed by atoms with Crippen molar-refractivity contribution in [3.8, 4) is 0 Å². The summed E-state index contributed by atoms with van der Waals surface area (Å²) >= 11 is 1.86. The van der Waals surface area contributed by atoms with Crippen LogP contribution in [0.3, 0.4) is 0 Å². The first-order valence-electron chi connectivity index (χ1n) is 5.15. The van der Waals surface area contributed by atoms with E-state index in [4.69, 9.17) is 5.11 Å². The van der Waals surface area contributed by atoms with Crippen LogP contribution < -0.4 is 5.32 Å². The highest BCUT2D eigenvalue weighted by molar-refractivity contribution is 8.00. The molecule has 0 aliphatic heterocycles. The predicted octanol–water partition coefficient (Wildman–Crippen LogP) is 1.16. The Morgan fingerprint density at radius 1 is 1.57 bits per heavy atom. The summed E-state index contributed by atoms with van der Waals surface area (Å²) in [6.07, 6.45) is 6.84. The number of thioether (sulfide) groups is 1. The van der Waals surface area contributed by atoms with Crippen LogP contribution in [0, 0.1) is 0 Å². The molecule has 0 aromatic heterocycles. The van der Waals surface area contributed by atoms with Crippen LogP contribution in [0.1, 0.15) is 32.1 Å². The molecule has 1 fully saturated rings. The Hall–Kier alpha value is -0.220. The number of aliphatic hydroxyl groups is 1. The molecule has 1 aliphatic carbocycles. The van der Waals surface area contributed by atoms with E-state index in [2.05, 4.69) is 11.6 Å². The molecule has 82 valence electrons. The number of hydrogen-bond acceptors (Lipinski definition) is 3. The zero-order valence-electron chi connectivity index (χ0n) is 8.71. The summed E-state index contributed by atoms with van der Waals surface area (Å²) in [5, 5.41) is 11.5. The van der Waals surface area contributed by atoms with E-state index in [-0.39, 0.29) is 12.5 Å². The number of carbonyl (C=O) groups excluding carboxylic acids is 1. The third-order valence-corrected chi connectivity index (χ3v) is 4.29. The van der Waals surface area contributed by atoms with Crippen molar-refractivity contribution in [3.05, 3.63) is 0 Å². The Labute approximate surface area is 89.6 Å². The summed E-state index contributed by atoms with van der Waals surface area (Å²) < 4.78 is 0.314. The Kier molecular flexibility index (Phi) is 4.75. The minimum absolute atomic E-state index is 0.0689. The van der Waals surface area contributed by atoms with E-state index < -0.39 is 0 Å². The number of carbonyl (C=O) groups is 1. The first-order valence-corrected chi connectivity index (χ1v) is 6.38. The molecule has 4 heteroatoms. The molecule has 2 N–H and O–H groups in total. The fourth-order valence-corrected chi connectivity index (χ4v) is 2.53. The summed E-state index contributed by atoms with van der Waals surface area (Å²) in [7, 11) is 0. The molecule has 0 saturated heterocycles. The average Bonchev–Trinajstić information content (AvgIpc) is 2.14. The highest BCUT2D eigenvalue weighted by Crippen LogP contribution is 2.42. The van der Waals surface area contributed by atoms with E-state index in [1.807, 2.05) is 11.8 Å². The minimum atomic E-state index is 0.0689. The minimum Gasteiger partial charge on any atom is -0.396 e. The molecule has 0 unspecified atom stereocenters. The topological polar surface area (TPSA) is 49.3 Å². The molecule has 0 aromatic carbocycles. The zero-order chi connectivity index (χ0) is 10.4. The Bertz CT molecular complexity index is 187. The molecule has 0 radical (unpaired) electrons. The van der Waals surface area contributed by atoms with Gasteiger partial charge in [0.2, 0.25) is 5.91 Å². The van der Waals surface area contributed by atoms with Crippen molar-refractivity contribution in [2.24, 2.45) is 0 Å². The normalized spacial score (nSPS) is 18.7. The van der Waals surface area contributed by atoms with E-state index in [1.54, 1.807) is 0 Å². The lowest BCUT2D eigenvalue weighted by molar-refractivity contribution is -0.121. The van der Waals surface area contributed by atoms with Crippen LogP contribution in [0.5, 0.6) is 0 Å². The first-order chi connectivity index (χ1) is 6.72. The van der Waals surface area contributed by atoms with Crippen molar-refractivity contribution in [1.82, 2.24) is 5.32 Å². The SMILES string of the molecule is CSC1(CNC(=O)CCCO)CCC1. The fourth-order valence-electron chi connectivity index (χ4n) is 1.61. The fraction of sp³-hybridized carbons (Fsp3) is 0.900. The Balaban J connectivity index is 2.15. The molecule has 1 saturated carbocycles. The van der Waals surface area contributed by atoms with Crippen molar-refractivity contribution < 1.29 is 9.90 Å². The Morgan fingerprint density at radius 2 is 2.29 bits per heavy atom. The van der Waals surface area contributed by atoms with E-state index in [9.17, 15) is 4.79 Å². The van der Waals surface area contributed by atoms with Gasteiger partial charge in [-0.1, -0.05) is 6.42 Å². The second kappa shape index (κ2) is 5.61. The number of aliphatic hydroxyl groups excluding tert-OH is 1. The maximum absolute atomic E-state index is 11.3. The van der Waals surface area contributed by atoms with Gasteiger partial charge in [0.25, 0.3) is 0 Å². The van der Waals surface area contributed by atoms with Crippen LogP contribution in [-0.4, -0.2) is 35.2 Å². The van der Waals surface area contributed by atoms with E-state index in [0.717, 1.165) is 6.54 Å². The molecular weight excluding hydrogens is 198 g/mol. The standard InChI is InChI=1S/C10H19NO2S/c1-14-10(5-3-6-10)8-11-9(13)4-2-7-12/h12H,2-8H2,1H3,(H,11,13). The van der Waals surface area contributed by atoms with Crippen LogP contribution >= 0.6 is 11.8 Å². The van der Waals surface area contributed by atoms with Gasteiger partial charge in [0, 0.05) is 24.3 Å². The zero-order valence-corrected chi connectivity index (χ0v) is 9.53. The van der Waals surface area contributed by atoms with Gasteiger partial charge >= 0.3 is 0 Å². The van der Waals surface area contributed by atoms with Gasteiger partial charge in [-0.3, -0.25) is 4.79 Å². The first kappa shape index (κ1) is 11.9. The van der Waals surface area contributed by atoms with Gasteiger partial charge in [0.1, 0.15) is 0 Å². The van der Waals surface area contributed by atoms with Crippen molar-refractivity contribution >= 4 is 17.7 Å². The van der Waals surface area contributed by atoms with Crippen LogP contribution in [0.15, 0.2) is 0 Å². The van der Waals surface area contributed by atoms with E-state index in [0.29, 0.717) is 17.6 Å². The van der Waals surface area contributed by atoms with Gasteiger partial charge in [-0.25, -0.2) is 0 Å². The molecule has 14 heavy (non-hydrogen) atoms. The molecule has 0 atom stereocenters. The highest BCUT2D eigenvalue weighted by atomic mass is 32.2. The molecular formula is C10H19NO2S. The van der Waals surface area contributed by atoms with E-state index in [1.165, 1.54) is 19.3 Å². The largest absolute Gasteiger partial charge is 0.396 e. The predicted molar refractivity (Wildman–Crippen MR) is 59.4 cm³/mol. The van der Waals surface area contributed by atoms with Gasteiger partial charge < -0.3 is 10.4 Å². The number of rotatable bonds is 6. The number of nitrogens with one attached hydrogen (secondary N) is 1. The van der Waals surface area contributed by atoms with Crippen LogP contribution in [0.4, 0.5) is 0 Å². The van der Waals surface area contributed by atoms with E-state index >= 15 is 0 Å². The summed E-state index contributed by atoms with van der Waals surface area (Å²) in [6, 6.07) is 0. The summed E-state index contributed by atoms with van der Waals surface area (Å²) in [6.45, 7) is 0.888. The summed E-state index contributed by atoms with van der Waals surface area (Å²) in [4.78, 5) is 11.3. The smallest absolute Gasteiger partial charge is 0.220 e. The van der Waals surface area contributed by atoms with Crippen molar-refractivity contribution in [2.45, 2.75) is 36.9 Å². The van der Waals surface area contributed by atoms with Gasteiger partial charge in [-0.15, -0.1) is 0 Å². The molecule has 1 rings (SSSR count). The van der Waals surface area contributed by atoms with Gasteiger partial charge in [0.15, 0.2) is 0 Å². The molecule has 0 heterocycles. The third-order valence-electron chi connectivity index (χ3n) is 2.87. The lowest BCUT2D eigenvalue weighted by Gasteiger charge is -2.40. The highest BCUT2D eigenvalue weighted by Gasteiger charge is 2.36.